The van der Waals surface area contributed by atoms with Gasteiger partial charge in [-0.25, -0.2) is 4.98 Å². The lowest BCUT2D eigenvalue weighted by Gasteiger charge is -2.23. The largest absolute Gasteiger partial charge is 0.351 e. The first-order valence-electron chi connectivity index (χ1n) is 5.46. The predicted octanol–water partition coefficient (Wildman–Crippen LogP) is 1.72. The molecule has 1 atom stereocenters. The van der Waals surface area contributed by atoms with Crippen LogP contribution >= 0.6 is 11.6 Å². The molecule has 16 heavy (non-hydrogen) atoms. The smallest absolute Gasteiger partial charge is 0.293 e. The molecule has 0 fully saturated rings. The zero-order chi connectivity index (χ0) is 12.1. The van der Waals surface area contributed by atoms with Crippen LogP contribution in [0.3, 0.4) is 0 Å². The summed E-state index contributed by atoms with van der Waals surface area (Å²) in [5, 5.41) is 0. The average molecular weight is 244 g/mol. The minimum atomic E-state index is -0.0520. The number of nitrogens with zero attached hydrogens (tertiary/aromatic N) is 3. The highest BCUT2D eigenvalue weighted by atomic mass is 35.5. The van der Waals surface area contributed by atoms with Gasteiger partial charge in [0.25, 0.3) is 5.56 Å². The number of anilines is 1. The molecule has 1 rings (SSSR count). The van der Waals surface area contributed by atoms with Gasteiger partial charge in [-0.2, -0.15) is 0 Å². The first kappa shape index (κ1) is 13.0. The van der Waals surface area contributed by atoms with E-state index in [2.05, 4.69) is 4.98 Å². The molecule has 1 unspecified atom stereocenters. The molecule has 1 aromatic heterocycles. The molecule has 0 aliphatic heterocycles. The lowest BCUT2D eigenvalue weighted by atomic mass is 10.3. The second-order valence-electron chi connectivity index (χ2n) is 3.86. The van der Waals surface area contributed by atoms with E-state index in [0.717, 1.165) is 13.0 Å². The van der Waals surface area contributed by atoms with Crippen molar-refractivity contribution < 1.29 is 0 Å². The Morgan fingerprint density at radius 1 is 1.62 bits per heavy atom. The van der Waals surface area contributed by atoms with Crippen molar-refractivity contribution in [3.8, 4) is 0 Å². The Labute approximate surface area is 101 Å². The Kier molecular flexibility index (Phi) is 4.80. The Morgan fingerprint density at radius 3 is 2.88 bits per heavy atom. The van der Waals surface area contributed by atoms with E-state index < -0.39 is 0 Å². The van der Waals surface area contributed by atoms with E-state index in [9.17, 15) is 4.79 Å². The van der Waals surface area contributed by atoms with Crippen molar-refractivity contribution in [3.05, 3.63) is 22.7 Å². The van der Waals surface area contributed by atoms with E-state index in [0.29, 0.717) is 11.7 Å². The molecule has 0 bridgehead atoms. The van der Waals surface area contributed by atoms with Gasteiger partial charge in [0.05, 0.1) is 0 Å². The maximum absolute atomic E-state index is 12.0. The van der Waals surface area contributed by atoms with Gasteiger partial charge in [0.2, 0.25) is 0 Å². The van der Waals surface area contributed by atoms with Gasteiger partial charge in [-0.3, -0.25) is 4.79 Å². The highest BCUT2D eigenvalue weighted by Crippen LogP contribution is 2.06. The van der Waals surface area contributed by atoms with Crippen molar-refractivity contribution in [1.82, 2.24) is 9.55 Å². The van der Waals surface area contributed by atoms with E-state index in [4.69, 9.17) is 11.6 Å². The van der Waals surface area contributed by atoms with Gasteiger partial charge in [-0.05, 0) is 13.3 Å². The van der Waals surface area contributed by atoms with Gasteiger partial charge in [-0.1, -0.05) is 6.92 Å². The maximum atomic E-state index is 12.0. The van der Waals surface area contributed by atoms with Crippen LogP contribution in [0.25, 0.3) is 0 Å². The molecule has 0 saturated heterocycles. The topological polar surface area (TPSA) is 38.1 Å². The molecule has 0 aliphatic rings. The number of hydrogen-bond acceptors (Lipinski definition) is 3. The summed E-state index contributed by atoms with van der Waals surface area (Å²) in [4.78, 5) is 18.0. The molecule has 0 radical (unpaired) electrons. The fraction of sp³-hybridized carbons (Fsp3) is 0.636. The third kappa shape index (κ3) is 2.76. The standard InChI is InChI=1S/C11H18ClN3O/c1-4-6-15-7-5-13-10(11(15)16)14(3)9(2)8-12/h5,7,9H,4,6,8H2,1-3H3. The van der Waals surface area contributed by atoms with E-state index in [1.54, 1.807) is 17.0 Å². The molecule has 5 heteroatoms. The van der Waals surface area contributed by atoms with Crippen molar-refractivity contribution in [2.75, 3.05) is 17.8 Å². The molecule has 0 N–H and O–H groups in total. The Hall–Kier alpha value is -1.03. The maximum Gasteiger partial charge on any atom is 0.293 e. The highest BCUT2D eigenvalue weighted by Gasteiger charge is 2.14. The van der Waals surface area contributed by atoms with Crippen molar-refractivity contribution >= 4 is 17.4 Å². The number of rotatable bonds is 5. The van der Waals surface area contributed by atoms with Crippen LogP contribution in [-0.4, -0.2) is 28.5 Å². The van der Waals surface area contributed by atoms with Gasteiger partial charge >= 0.3 is 0 Å². The summed E-state index contributed by atoms with van der Waals surface area (Å²) in [5.41, 5.74) is -0.0520. The fourth-order valence-corrected chi connectivity index (χ4v) is 1.61. The van der Waals surface area contributed by atoms with Crippen LogP contribution in [0.4, 0.5) is 5.82 Å². The molecule has 0 amide bonds. The van der Waals surface area contributed by atoms with E-state index in [1.807, 2.05) is 25.8 Å². The fourth-order valence-electron chi connectivity index (χ4n) is 1.41. The van der Waals surface area contributed by atoms with Crippen LogP contribution in [0.1, 0.15) is 20.3 Å². The van der Waals surface area contributed by atoms with Crippen LogP contribution in [0, 0.1) is 0 Å². The monoisotopic (exact) mass is 243 g/mol. The van der Waals surface area contributed by atoms with Gasteiger partial charge in [0.15, 0.2) is 5.82 Å². The summed E-state index contributed by atoms with van der Waals surface area (Å²) in [6.45, 7) is 4.72. The normalized spacial score (nSPS) is 12.5. The van der Waals surface area contributed by atoms with Gasteiger partial charge in [0.1, 0.15) is 0 Å². The van der Waals surface area contributed by atoms with Gasteiger partial charge in [-0.15, -0.1) is 11.6 Å². The molecule has 1 heterocycles. The van der Waals surface area contributed by atoms with Crippen molar-refractivity contribution in [3.63, 3.8) is 0 Å². The summed E-state index contributed by atoms with van der Waals surface area (Å²) < 4.78 is 1.68. The number of hydrogen-bond donors (Lipinski definition) is 0. The summed E-state index contributed by atoms with van der Waals surface area (Å²) in [7, 11) is 1.84. The number of alkyl halides is 1. The number of aryl methyl sites for hydroxylation is 1. The Morgan fingerprint density at radius 2 is 2.31 bits per heavy atom. The van der Waals surface area contributed by atoms with Crippen LogP contribution in [0.5, 0.6) is 0 Å². The zero-order valence-corrected chi connectivity index (χ0v) is 10.7. The summed E-state index contributed by atoms with van der Waals surface area (Å²) in [6.07, 6.45) is 4.30. The van der Waals surface area contributed by atoms with Crippen LogP contribution in [-0.2, 0) is 6.54 Å². The second-order valence-corrected chi connectivity index (χ2v) is 4.17. The third-order valence-electron chi connectivity index (χ3n) is 2.58. The molecule has 4 nitrogen and oxygen atoms in total. The quantitative estimate of drug-likeness (QED) is 0.739. The molecule has 0 aromatic carbocycles. The predicted molar refractivity (Wildman–Crippen MR) is 67.4 cm³/mol. The first-order valence-corrected chi connectivity index (χ1v) is 5.99. The molecule has 90 valence electrons. The zero-order valence-electron chi connectivity index (χ0n) is 9.98. The summed E-state index contributed by atoms with van der Waals surface area (Å²) in [6, 6.07) is 0.0966. The first-order chi connectivity index (χ1) is 7.61. The van der Waals surface area contributed by atoms with Gasteiger partial charge in [0, 0.05) is 37.9 Å². The van der Waals surface area contributed by atoms with Crippen molar-refractivity contribution in [1.29, 1.82) is 0 Å². The average Bonchev–Trinajstić information content (AvgIpc) is 2.30. The summed E-state index contributed by atoms with van der Waals surface area (Å²) >= 11 is 5.77. The Balaban J connectivity index is 3.05. The van der Waals surface area contributed by atoms with Crippen LogP contribution < -0.4 is 10.5 Å². The van der Waals surface area contributed by atoms with E-state index in [1.165, 1.54) is 0 Å². The minimum absolute atomic E-state index is 0.0520. The van der Waals surface area contributed by atoms with E-state index >= 15 is 0 Å². The summed E-state index contributed by atoms with van der Waals surface area (Å²) in [5.74, 6) is 0.935. The third-order valence-corrected chi connectivity index (χ3v) is 3.03. The number of aromatic nitrogens is 2. The molecule has 1 aromatic rings. The van der Waals surface area contributed by atoms with Crippen LogP contribution in [0.15, 0.2) is 17.2 Å². The molecule has 0 aliphatic carbocycles. The lowest BCUT2D eigenvalue weighted by Crippen LogP contribution is -2.37. The molecule has 0 saturated carbocycles. The highest BCUT2D eigenvalue weighted by molar-refractivity contribution is 6.18. The van der Waals surface area contributed by atoms with Crippen molar-refractivity contribution in [2.45, 2.75) is 32.9 Å². The minimum Gasteiger partial charge on any atom is -0.351 e. The SMILES string of the molecule is CCCn1ccnc(N(C)C(C)CCl)c1=O. The Bertz CT molecular complexity index is 391. The lowest BCUT2D eigenvalue weighted by molar-refractivity contribution is 0.638. The van der Waals surface area contributed by atoms with Gasteiger partial charge < -0.3 is 9.47 Å². The molecular formula is C11H18ClN3O. The number of halogens is 1. The molecular weight excluding hydrogens is 226 g/mol. The molecule has 0 spiro atoms. The van der Waals surface area contributed by atoms with E-state index in [-0.39, 0.29) is 11.6 Å². The van der Waals surface area contributed by atoms with Crippen molar-refractivity contribution in [2.24, 2.45) is 0 Å². The second kappa shape index (κ2) is 5.89. The van der Waals surface area contributed by atoms with Crippen LogP contribution in [0.2, 0.25) is 0 Å².